The summed E-state index contributed by atoms with van der Waals surface area (Å²) in [6.07, 6.45) is 0.330. The summed E-state index contributed by atoms with van der Waals surface area (Å²) in [5, 5.41) is 2.99. The van der Waals surface area contributed by atoms with E-state index in [0.717, 1.165) is 35.1 Å². The van der Waals surface area contributed by atoms with E-state index < -0.39 is 15.4 Å². The van der Waals surface area contributed by atoms with Crippen LogP contribution in [0, 0.1) is 0 Å². The summed E-state index contributed by atoms with van der Waals surface area (Å²) in [7, 11) is 0. The van der Waals surface area contributed by atoms with Crippen molar-refractivity contribution in [1.82, 2.24) is 5.32 Å². The zero-order chi connectivity index (χ0) is 24.3. The molecular formula is C26H24F4INO. The summed E-state index contributed by atoms with van der Waals surface area (Å²) in [4.78, 5) is 12.7. The van der Waals surface area contributed by atoms with Gasteiger partial charge in [-0.3, -0.25) is 4.79 Å². The molecule has 0 aliphatic carbocycles. The molecule has 0 heterocycles. The molecule has 2 nitrogen and oxygen atoms in total. The summed E-state index contributed by atoms with van der Waals surface area (Å²) in [5.74, 6) is -3.44. The van der Waals surface area contributed by atoms with Gasteiger partial charge in [0.15, 0.2) is 0 Å². The number of benzene rings is 3. The minimum Gasteiger partial charge on any atom is -0.342 e. The fourth-order valence-corrected chi connectivity index (χ4v) is 4.14. The maximum atomic E-state index is 14.2. The highest BCUT2D eigenvalue weighted by Crippen LogP contribution is 2.41. The molecule has 0 radical (unpaired) electrons. The molecule has 7 heteroatoms. The number of halogens is 5. The van der Waals surface area contributed by atoms with E-state index in [1.54, 1.807) is 19.1 Å². The predicted octanol–water partition coefficient (Wildman–Crippen LogP) is 7.30. The molecule has 0 aliphatic heterocycles. The maximum absolute atomic E-state index is 14.2. The number of hydrogen-bond donors (Lipinski definition) is 1. The average molecular weight is 569 g/mol. The minimum atomic E-state index is -3.14. The van der Waals surface area contributed by atoms with Gasteiger partial charge in [0, 0.05) is 53.5 Å². The monoisotopic (exact) mass is 569 g/mol. The molecule has 1 N–H and O–H groups in total. The van der Waals surface area contributed by atoms with Crippen molar-refractivity contribution < 1.29 is 22.4 Å². The SMILES string of the molecule is CCC(=O)NC(Cc1ccccc1)(c1cccc(C(C)(F)F)c1)c1cccc(C(F)(F)I)c1. The number of amides is 1. The van der Waals surface area contributed by atoms with Crippen LogP contribution in [0.1, 0.15) is 48.1 Å². The Morgan fingerprint density at radius 2 is 1.33 bits per heavy atom. The van der Waals surface area contributed by atoms with Crippen LogP contribution in [0.25, 0.3) is 0 Å². The molecule has 0 aromatic heterocycles. The van der Waals surface area contributed by atoms with Crippen molar-refractivity contribution in [1.29, 1.82) is 0 Å². The van der Waals surface area contributed by atoms with E-state index >= 15 is 0 Å². The van der Waals surface area contributed by atoms with Gasteiger partial charge in [-0.15, -0.1) is 0 Å². The maximum Gasteiger partial charge on any atom is 0.321 e. The lowest BCUT2D eigenvalue weighted by molar-refractivity contribution is -0.122. The number of carbonyl (C=O) groups is 1. The average Bonchev–Trinajstić information content (AvgIpc) is 2.78. The van der Waals surface area contributed by atoms with Crippen LogP contribution in [-0.2, 0) is 26.6 Å². The van der Waals surface area contributed by atoms with Crippen molar-refractivity contribution in [3.63, 3.8) is 0 Å². The van der Waals surface area contributed by atoms with Gasteiger partial charge in [-0.25, -0.2) is 8.78 Å². The molecule has 33 heavy (non-hydrogen) atoms. The summed E-state index contributed by atoms with van der Waals surface area (Å²) >= 11 is 1.05. The number of rotatable bonds is 8. The molecule has 0 bridgehead atoms. The number of nitrogens with one attached hydrogen (secondary N) is 1. The van der Waals surface area contributed by atoms with Gasteiger partial charge in [-0.2, -0.15) is 8.78 Å². The molecule has 1 atom stereocenters. The van der Waals surface area contributed by atoms with Gasteiger partial charge < -0.3 is 5.32 Å². The molecule has 3 rings (SSSR count). The van der Waals surface area contributed by atoms with Crippen LogP contribution >= 0.6 is 22.6 Å². The summed E-state index contributed by atoms with van der Waals surface area (Å²) in [6.45, 7) is 2.47. The highest BCUT2D eigenvalue weighted by molar-refractivity contribution is 14.1. The Morgan fingerprint density at radius 1 is 0.818 bits per heavy atom. The zero-order valence-electron chi connectivity index (χ0n) is 18.2. The van der Waals surface area contributed by atoms with Crippen LogP contribution in [0.3, 0.4) is 0 Å². The van der Waals surface area contributed by atoms with Crippen LogP contribution in [0.2, 0.25) is 0 Å². The lowest BCUT2D eigenvalue weighted by Crippen LogP contribution is -2.48. The van der Waals surface area contributed by atoms with E-state index in [-0.39, 0.29) is 29.9 Å². The fourth-order valence-electron chi connectivity index (χ4n) is 3.81. The van der Waals surface area contributed by atoms with Gasteiger partial charge in [0.2, 0.25) is 5.91 Å². The van der Waals surface area contributed by atoms with Gasteiger partial charge in [0.1, 0.15) is 0 Å². The van der Waals surface area contributed by atoms with Crippen LogP contribution in [-0.4, -0.2) is 5.91 Å². The molecule has 3 aromatic carbocycles. The summed E-state index contributed by atoms with van der Waals surface area (Å²) in [5.41, 5.74) is -0.207. The molecule has 3 aromatic rings. The third kappa shape index (κ3) is 5.93. The lowest BCUT2D eigenvalue weighted by atomic mass is 9.76. The highest BCUT2D eigenvalue weighted by atomic mass is 127. The molecular weight excluding hydrogens is 545 g/mol. The second kappa shape index (κ2) is 9.83. The smallest absolute Gasteiger partial charge is 0.321 e. The first-order valence-corrected chi connectivity index (χ1v) is 11.5. The minimum absolute atomic E-state index is 0.141. The number of alkyl halides is 5. The van der Waals surface area contributed by atoms with E-state index in [1.807, 2.05) is 30.3 Å². The highest BCUT2D eigenvalue weighted by Gasteiger charge is 2.39. The Kier molecular flexibility index (Phi) is 7.51. The second-order valence-electron chi connectivity index (χ2n) is 8.02. The van der Waals surface area contributed by atoms with Crippen LogP contribution in [0.15, 0.2) is 78.9 Å². The van der Waals surface area contributed by atoms with Crippen LogP contribution in [0.5, 0.6) is 0 Å². The van der Waals surface area contributed by atoms with Crippen molar-refractivity contribution in [3.8, 4) is 0 Å². The van der Waals surface area contributed by atoms with Gasteiger partial charge >= 0.3 is 3.93 Å². The van der Waals surface area contributed by atoms with Crippen LogP contribution in [0.4, 0.5) is 17.6 Å². The lowest BCUT2D eigenvalue weighted by Gasteiger charge is -2.37. The Labute approximate surface area is 204 Å². The van der Waals surface area contributed by atoms with Crippen molar-refractivity contribution in [3.05, 3.63) is 107 Å². The van der Waals surface area contributed by atoms with Crippen LogP contribution < -0.4 is 5.32 Å². The van der Waals surface area contributed by atoms with Gasteiger partial charge in [-0.05, 0) is 28.8 Å². The van der Waals surface area contributed by atoms with E-state index in [4.69, 9.17) is 0 Å². The van der Waals surface area contributed by atoms with Gasteiger partial charge in [0.25, 0.3) is 5.92 Å². The Bertz CT molecular complexity index is 1050. The summed E-state index contributed by atoms with van der Waals surface area (Å²) in [6, 6.07) is 20.8. The van der Waals surface area contributed by atoms with Crippen molar-refractivity contribution in [2.45, 2.75) is 42.1 Å². The molecule has 0 saturated heterocycles. The normalized spacial score (nSPS) is 13.9. The van der Waals surface area contributed by atoms with Gasteiger partial charge in [-0.1, -0.05) is 73.7 Å². The van der Waals surface area contributed by atoms with E-state index in [1.165, 1.54) is 36.4 Å². The van der Waals surface area contributed by atoms with Gasteiger partial charge in [0.05, 0.1) is 5.54 Å². The van der Waals surface area contributed by atoms with Crippen molar-refractivity contribution in [2.75, 3.05) is 0 Å². The molecule has 0 saturated carbocycles. The van der Waals surface area contributed by atoms with Crippen molar-refractivity contribution >= 4 is 28.5 Å². The quantitative estimate of drug-likeness (QED) is 0.172. The number of carbonyl (C=O) groups excluding carboxylic acids is 1. The predicted molar refractivity (Wildman–Crippen MR) is 130 cm³/mol. The second-order valence-corrected chi connectivity index (χ2v) is 9.37. The molecule has 0 aliphatic rings. The standard InChI is InChI=1S/C26H24F4INO/c1-3-23(33)32-25(17-18-9-5-4-6-10-18,20-12-7-11-19(15-20)24(2,27)28)21-13-8-14-22(16-21)26(29,30)31/h4-16H,3,17H2,1-2H3,(H,32,33). The Hall–Kier alpha value is -2.42. The zero-order valence-corrected chi connectivity index (χ0v) is 20.4. The number of hydrogen-bond acceptors (Lipinski definition) is 1. The molecule has 0 spiro atoms. The first-order chi connectivity index (χ1) is 15.5. The van der Waals surface area contributed by atoms with E-state index in [0.29, 0.717) is 11.1 Å². The van der Waals surface area contributed by atoms with E-state index in [2.05, 4.69) is 5.32 Å². The third-order valence-corrected chi connectivity index (χ3v) is 6.15. The van der Waals surface area contributed by atoms with E-state index in [9.17, 15) is 22.4 Å². The molecule has 0 fully saturated rings. The topological polar surface area (TPSA) is 29.1 Å². The third-order valence-electron chi connectivity index (χ3n) is 5.53. The Morgan fingerprint density at radius 3 is 1.85 bits per heavy atom. The molecule has 1 amide bonds. The first kappa shape index (κ1) is 25.2. The Balaban J connectivity index is 2.33. The largest absolute Gasteiger partial charge is 0.342 e. The summed E-state index contributed by atoms with van der Waals surface area (Å²) < 4.78 is 53.7. The fraction of sp³-hybridized carbons (Fsp3) is 0.269. The first-order valence-electron chi connectivity index (χ1n) is 10.5. The molecule has 174 valence electrons. The molecule has 1 unspecified atom stereocenters. The van der Waals surface area contributed by atoms with Crippen molar-refractivity contribution in [2.24, 2.45) is 0 Å².